The van der Waals surface area contributed by atoms with Crippen molar-refractivity contribution >= 4 is 45.3 Å². The Morgan fingerprint density at radius 1 is 1.20 bits per heavy atom. The number of benzene rings is 1. The molecular formula is C12H11IN6O. The Bertz CT molecular complexity index is 744. The van der Waals surface area contributed by atoms with E-state index >= 15 is 0 Å². The Morgan fingerprint density at radius 2 is 2.10 bits per heavy atom. The van der Waals surface area contributed by atoms with Crippen LogP contribution in [-0.2, 0) is 0 Å². The minimum atomic E-state index is 0.619. The zero-order chi connectivity index (χ0) is 13.9. The zero-order valence-electron chi connectivity index (χ0n) is 10.5. The molecule has 0 unspecified atom stereocenters. The van der Waals surface area contributed by atoms with Gasteiger partial charge in [-0.3, -0.25) is 10.9 Å². The van der Waals surface area contributed by atoms with Crippen LogP contribution in [-0.4, -0.2) is 27.0 Å². The van der Waals surface area contributed by atoms with Crippen LogP contribution in [0.1, 0.15) is 0 Å². The van der Waals surface area contributed by atoms with Crippen molar-refractivity contribution in [3.05, 3.63) is 34.4 Å². The van der Waals surface area contributed by atoms with Gasteiger partial charge in [0.1, 0.15) is 17.6 Å². The number of aromatic amines is 1. The lowest BCUT2D eigenvalue weighted by Crippen LogP contribution is -2.10. The third-order valence-corrected chi connectivity index (χ3v) is 3.54. The number of anilines is 2. The molecule has 20 heavy (non-hydrogen) atoms. The van der Waals surface area contributed by atoms with Crippen molar-refractivity contribution in [1.82, 2.24) is 19.9 Å². The number of nitrogens with one attached hydrogen (secondary N) is 3. The fraction of sp³-hybridized carbons (Fsp3) is 0.0833. The van der Waals surface area contributed by atoms with Gasteiger partial charge in [-0.05, 0) is 40.8 Å². The van der Waals surface area contributed by atoms with Crippen LogP contribution >= 0.6 is 22.6 Å². The molecule has 102 valence electrons. The smallest absolute Gasteiger partial charge is 0.182 e. The maximum Gasteiger partial charge on any atom is 0.182 e. The highest BCUT2D eigenvalue weighted by atomic mass is 127. The summed E-state index contributed by atoms with van der Waals surface area (Å²) in [6.07, 6.45) is 3.05. The van der Waals surface area contributed by atoms with Crippen LogP contribution in [0, 0.1) is 3.57 Å². The molecule has 0 radical (unpaired) electrons. The van der Waals surface area contributed by atoms with Gasteiger partial charge in [-0.25, -0.2) is 15.0 Å². The Morgan fingerprint density at radius 3 is 2.90 bits per heavy atom. The van der Waals surface area contributed by atoms with Crippen molar-refractivity contribution < 1.29 is 4.74 Å². The first-order chi connectivity index (χ1) is 9.78. The molecule has 3 aromatic rings. The van der Waals surface area contributed by atoms with Crippen molar-refractivity contribution in [2.75, 3.05) is 18.0 Å². The van der Waals surface area contributed by atoms with Gasteiger partial charge in [0.15, 0.2) is 11.5 Å². The third-order valence-electron chi connectivity index (χ3n) is 2.70. The number of aromatic nitrogens is 4. The van der Waals surface area contributed by atoms with E-state index in [0.29, 0.717) is 11.5 Å². The summed E-state index contributed by atoms with van der Waals surface area (Å²) in [4.78, 5) is 15.3. The topological polar surface area (TPSA) is 87.8 Å². The van der Waals surface area contributed by atoms with Crippen LogP contribution in [0.2, 0.25) is 0 Å². The van der Waals surface area contributed by atoms with E-state index in [1.165, 1.54) is 6.33 Å². The van der Waals surface area contributed by atoms with E-state index in [0.717, 1.165) is 20.5 Å². The number of H-pyrrole nitrogens is 1. The summed E-state index contributed by atoms with van der Waals surface area (Å²) >= 11 is 2.22. The number of hydrazine groups is 1. The van der Waals surface area contributed by atoms with Crippen molar-refractivity contribution in [3.8, 4) is 5.75 Å². The minimum absolute atomic E-state index is 0.619. The lowest BCUT2D eigenvalue weighted by atomic mass is 10.3. The summed E-state index contributed by atoms with van der Waals surface area (Å²) in [5.41, 5.74) is 8.40. The minimum Gasteiger partial charge on any atom is -0.496 e. The average Bonchev–Trinajstić information content (AvgIpc) is 2.94. The lowest BCUT2D eigenvalue weighted by Gasteiger charge is -2.11. The molecule has 0 aliphatic heterocycles. The van der Waals surface area contributed by atoms with Gasteiger partial charge in [-0.2, -0.15) is 0 Å². The molecule has 3 rings (SSSR count). The molecule has 0 saturated heterocycles. The fourth-order valence-electron chi connectivity index (χ4n) is 1.74. The number of ether oxygens (including phenoxy) is 1. The first kappa shape index (κ1) is 12.9. The molecule has 0 fully saturated rings. The standard InChI is InChI=1S/C12H11IN6O/c1-20-9-3-2-7(4-8(9)13)18-19-12-10-11(15-5-14-10)16-6-17-12/h2-6,18H,1H3,(H2,14,15,16,17,19). The monoisotopic (exact) mass is 382 g/mol. The Hall–Kier alpha value is -2.10. The van der Waals surface area contributed by atoms with E-state index in [4.69, 9.17) is 4.74 Å². The van der Waals surface area contributed by atoms with Crippen molar-refractivity contribution in [2.45, 2.75) is 0 Å². The molecular weight excluding hydrogens is 371 g/mol. The van der Waals surface area contributed by atoms with Crippen LogP contribution in [0.4, 0.5) is 11.5 Å². The van der Waals surface area contributed by atoms with E-state index < -0.39 is 0 Å². The number of methoxy groups -OCH3 is 1. The Balaban J connectivity index is 1.79. The second kappa shape index (κ2) is 5.49. The number of fused-ring (bicyclic) bond motifs is 1. The van der Waals surface area contributed by atoms with Gasteiger partial charge in [-0.15, -0.1) is 0 Å². The summed E-state index contributed by atoms with van der Waals surface area (Å²) in [6, 6.07) is 5.79. The largest absolute Gasteiger partial charge is 0.496 e. The van der Waals surface area contributed by atoms with Crippen LogP contribution in [0.3, 0.4) is 0 Å². The maximum absolute atomic E-state index is 5.22. The van der Waals surface area contributed by atoms with Gasteiger partial charge in [0.05, 0.1) is 22.7 Å². The first-order valence-electron chi connectivity index (χ1n) is 5.77. The number of rotatable bonds is 4. The summed E-state index contributed by atoms with van der Waals surface area (Å²) in [7, 11) is 1.65. The second-order valence-electron chi connectivity index (χ2n) is 3.92. The molecule has 3 N–H and O–H groups in total. The molecule has 0 aliphatic carbocycles. The normalized spacial score (nSPS) is 10.5. The summed E-state index contributed by atoms with van der Waals surface area (Å²) < 4.78 is 6.24. The van der Waals surface area contributed by atoms with Crippen molar-refractivity contribution in [2.24, 2.45) is 0 Å². The SMILES string of the molecule is COc1ccc(NNc2ncnc3nc[nH]c23)cc1I. The van der Waals surface area contributed by atoms with Gasteiger partial charge in [-0.1, -0.05) is 0 Å². The van der Waals surface area contributed by atoms with E-state index in [1.807, 2.05) is 18.2 Å². The molecule has 2 aromatic heterocycles. The fourth-order valence-corrected chi connectivity index (χ4v) is 2.47. The molecule has 1 aromatic carbocycles. The highest BCUT2D eigenvalue weighted by Gasteiger charge is 2.05. The van der Waals surface area contributed by atoms with Crippen molar-refractivity contribution in [3.63, 3.8) is 0 Å². The number of hydrogen-bond donors (Lipinski definition) is 3. The van der Waals surface area contributed by atoms with Crippen LogP contribution in [0.25, 0.3) is 11.2 Å². The second-order valence-corrected chi connectivity index (χ2v) is 5.08. The molecule has 0 spiro atoms. The molecule has 0 aliphatic rings. The number of hydrogen-bond acceptors (Lipinski definition) is 6. The zero-order valence-corrected chi connectivity index (χ0v) is 12.7. The summed E-state index contributed by atoms with van der Waals surface area (Å²) in [5.74, 6) is 1.48. The van der Waals surface area contributed by atoms with E-state index in [-0.39, 0.29) is 0 Å². The van der Waals surface area contributed by atoms with Crippen LogP contribution in [0.15, 0.2) is 30.9 Å². The molecule has 0 amide bonds. The Kier molecular flexibility index (Phi) is 3.54. The highest BCUT2D eigenvalue weighted by molar-refractivity contribution is 14.1. The van der Waals surface area contributed by atoms with Crippen LogP contribution < -0.4 is 15.6 Å². The van der Waals surface area contributed by atoms with Gasteiger partial charge in [0.2, 0.25) is 0 Å². The van der Waals surface area contributed by atoms with Gasteiger partial charge < -0.3 is 9.72 Å². The Labute approximate surface area is 128 Å². The summed E-state index contributed by atoms with van der Waals surface area (Å²) in [6.45, 7) is 0. The molecule has 2 heterocycles. The molecule has 8 heteroatoms. The quantitative estimate of drug-likeness (QED) is 0.475. The third kappa shape index (κ3) is 2.46. The predicted octanol–water partition coefficient (Wildman–Crippen LogP) is 2.41. The first-order valence-corrected chi connectivity index (χ1v) is 6.85. The number of halogens is 1. The van der Waals surface area contributed by atoms with Gasteiger partial charge in [0.25, 0.3) is 0 Å². The molecule has 0 bridgehead atoms. The highest BCUT2D eigenvalue weighted by Crippen LogP contribution is 2.24. The number of imidazole rings is 1. The summed E-state index contributed by atoms with van der Waals surface area (Å²) in [5, 5.41) is 0. The average molecular weight is 382 g/mol. The molecule has 7 nitrogen and oxygen atoms in total. The van der Waals surface area contributed by atoms with Crippen molar-refractivity contribution in [1.29, 1.82) is 0 Å². The van der Waals surface area contributed by atoms with Gasteiger partial charge in [0, 0.05) is 0 Å². The lowest BCUT2D eigenvalue weighted by molar-refractivity contribution is 0.412. The predicted molar refractivity (Wildman–Crippen MR) is 84.6 cm³/mol. The maximum atomic E-state index is 5.22. The van der Waals surface area contributed by atoms with E-state index in [2.05, 4.69) is 53.4 Å². The van der Waals surface area contributed by atoms with E-state index in [9.17, 15) is 0 Å². The number of nitrogens with zero attached hydrogens (tertiary/aromatic N) is 3. The molecule has 0 saturated carbocycles. The molecule has 0 atom stereocenters. The van der Waals surface area contributed by atoms with Crippen LogP contribution in [0.5, 0.6) is 5.75 Å². The van der Waals surface area contributed by atoms with E-state index in [1.54, 1.807) is 13.4 Å². The van der Waals surface area contributed by atoms with Gasteiger partial charge >= 0.3 is 0 Å².